The summed E-state index contributed by atoms with van der Waals surface area (Å²) in [6.45, 7) is 0.693. The Balaban J connectivity index is 1.47. The lowest BCUT2D eigenvalue weighted by atomic mass is 10.0. The normalized spacial score (nSPS) is 28.2. The van der Waals surface area contributed by atoms with Crippen molar-refractivity contribution in [3.05, 3.63) is 0 Å². The largest absolute Gasteiger partial charge is 0.477 e. The maximum Gasteiger partial charge on any atom is 0.353 e. The number of rotatable bonds is 5. The van der Waals surface area contributed by atoms with E-state index in [1.165, 1.54) is 25.7 Å². The van der Waals surface area contributed by atoms with Crippen LogP contribution in [-0.2, 0) is 14.4 Å². The van der Waals surface area contributed by atoms with Crippen molar-refractivity contribution in [2.75, 3.05) is 6.54 Å². The molecule has 1 aliphatic heterocycles. The fraction of sp³-hybridized carbons (Fsp3) is 0.750. The van der Waals surface area contributed by atoms with Crippen molar-refractivity contribution in [1.29, 1.82) is 0 Å². The van der Waals surface area contributed by atoms with Crippen molar-refractivity contribution in [1.82, 2.24) is 5.32 Å². The summed E-state index contributed by atoms with van der Waals surface area (Å²) in [5.41, 5.74) is 0.253. The minimum absolute atomic E-state index is 0.0532. The van der Waals surface area contributed by atoms with Crippen LogP contribution in [0.5, 0.6) is 0 Å². The first-order chi connectivity index (χ1) is 8.61. The predicted molar refractivity (Wildman–Crippen MR) is 62.0 cm³/mol. The molecule has 2 saturated carbocycles. The first-order valence-corrected chi connectivity index (χ1v) is 6.34. The Kier molecular flexibility index (Phi) is 2.53. The highest BCUT2D eigenvalue weighted by atomic mass is 16.6. The Morgan fingerprint density at radius 3 is 2.67 bits per heavy atom. The number of nitrogens with one attached hydrogen (secondary N) is 1. The van der Waals surface area contributed by atoms with Crippen molar-refractivity contribution in [2.24, 2.45) is 16.5 Å². The number of carbonyl (C=O) groups is 2. The number of carboxylic acid groups (broad SMARTS) is 1. The topological polar surface area (TPSA) is 88.0 Å². The molecule has 0 radical (unpaired) electrons. The second kappa shape index (κ2) is 3.96. The predicted octanol–water partition coefficient (Wildman–Crippen LogP) is 0.522. The van der Waals surface area contributed by atoms with Gasteiger partial charge in [0.15, 0.2) is 5.71 Å². The minimum atomic E-state index is -1.12. The van der Waals surface area contributed by atoms with E-state index in [1.54, 1.807) is 0 Å². The van der Waals surface area contributed by atoms with E-state index in [0.29, 0.717) is 12.0 Å². The third-order valence-electron chi connectivity index (χ3n) is 4.16. The molecule has 1 atom stereocenters. The molecule has 2 aliphatic carbocycles. The summed E-state index contributed by atoms with van der Waals surface area (Å²) in [4.78, 5) is 27.3. The molecule has 3 aliphatic rings. The molecule has 0 bridgehead atoms. The number of hydrogen-bond donors (Lipinski definition) is 2. The van der Waals surface area contributed by atoms with Gasteiger partial charge in [-0.05, 0) is 37.0 Å². The number of amides is 1. The van der Waals surface area contributed by atoms with Gasteiger partial charge in [0.1, 0.15) is 0 Å². The summed E-state index contributed by atoms with van der Waals surface area (Å²) in [6, 6.07) is 0. The van der Waals surface area contributed by atoms with E-state index in [9.17, 15) is 9.59 Å². The number of carbonyl (C=O) groups excluding carboxylic acids is 1. The fourth-order valence-corrected chi connectivity index (χ4v) is 2.61. The number of oxime groups is 1. The van der Waals surface area contributed by atoms with Crippen molar-refractivity contribution in [3.8, 4) is 0 Å². The smallest absolute Gasteiger partial charge is 0.353 e. The van der Waals surface area contributed by atoms with Gasteiger partial charge in [0.2, 0.25) is 6.10 Å². The Morgan fingerprint density at radius 1 is 1.44 bits per heavy atom. The van der Waals surface area contributed by atoms with E-state index < -0.39 is 12.1 Å². The molecule has 0 aromatic heterocycles. The average Bonchev–Trinajstić information content (AvgIpc) is 3.23. The summed E-state index contributed by atoms with van der Waals surface area (Å²) in [6.07, 6.45) is 4.23. The molecule has 98 valence electrons. The van der Waals surface area contributed by atoms with Crippen LogP contribution in [0.4, 0.5) is 0 Å². The Hall–Kier alpha value is -1.59. The summed E-state index contributed by atoms with van der Waals surface area (Å²) in [7, 11) is 0. The SMILES string of the molecule is O=C(O)C1=NOC(C(=O)NCC2(C3CC3)CC2)C1. The van der Waals surface area contributed by atoms with Crippen LogP contribution in [-0.4, -0.2) is 35.3 Å². The van der Waals surface area contributed by atoms with Gasteiger partial charge in [0.05, 0.1) is 0 Å². The Morgan fingerprint density at radius 2 is 2.17 bits per heavy atom. The zero-order chi connectivity index (χ0) is 12.8. The van der Waals surface area contributed by atoms with E-state index in [4.69, 9.17) is 9.94 Å². The standard InChI is InChI=1S/C12H16N2O4/c15-10(9-5-8(11(16)17)14-18-9)13-6-12(3-4-12)7-1-2-7/h7,9H,1-6H2,(H,13,15)(H,16,17). The van der Waals surface area contributed by atoms with Crippen molar-refractivity contribution in [2.45, 2.75) is 38.2 Å². The van der Waals surface area contributed by atoms with Crippen molar-refractivity contribution < 1.29 is 19.5 Å². The van der Waals surface area contributed by atoms with Crippen LogP contribution in [0.1, 0.15) is 32.1 Å². The average molecular weight is 252 g/mol. The van der Waals surface area contributed by atoms with Crippen LogP contribution in [0.15, 0.2) is 5.16 Å². The van der Waals surface area contributed by atoms with Crippen molar-refractivity contribution >= 4 is 17.6 Å². The lowest BCUT2D eigenvalue weighted by Crippen LogP contribution is -2.39. The molecule has 3 rings (SSSR count). The summed E-state index contributed by atoms with van der Waals surface area (Å²) in [5.74, 6) is -0.586. The van der Waals surface area contributed by atoms with E-state index in [0.717, 1.165) is 5.92 Å². The van der Waals surface area contributed by atoms with Crippen LogP contribution in [0, 0.1) is 11.3 Å². The number of hydrogen-bond acceptors (Lipinski definition) is 4. The van der Waals surface area contributed by atoms with Gasteiger partial charge in [-0.1, -0.05) is 5.16 Å². The third-order valence-corrected chi connectivity index (χ3v) is 4.16. The highest BCUT2D eigenvalue weighted by Gasteiger charge is 2.53. The van der Waals surface area contributed by atoms with Crippen LogP contribution >= 0.6 is 0 Å². The first kappa shape index (κ1) is 11.5. The maximum absolute atomic E-state index is 11.8. The van der Waals surface area contributed by atoms with Crippen LogP contribution in [0.25, 0.3) is 0 Å². The summed E-state index contributed by atoms with van der Waals surface area (Å²) < 4.78 is 0. The molecule has 1 heterocycles. The van der Waals surface area contributed by atoms with E-state index in [1.807, 2.05) is 0 Å². The minimum Gasteiger partial charge on any atom is -0.477 e. The maximum atomic E-state index is 11.8. The van der Waals surface area contributed by atoms with Gasteiger partial charge in [-0.25, -0.2) is 4.79 Å². The summed E-state index contributed by atoms with van der Waals surface area (Å²) >= 11 is 0. The zero-order valence-corrected chi connectivity index (χ0v) is 10.0. The molecule has 6 heteroatoms. The summed E-state index contributed by atoms with van der Waals surface area (Å²) in [5, 5.41) is 15.0. The molecule has 2 fully saturated rings. The number of nitrogens with zero attached hydrogens (tertiary/aromatic N) is 1. The Labute approximate surface area is 104 Å². The van der Waals surface area contributed by atoms with Crippen molar-refractivity contribution in [3.63, 3.8) is 0 Å². The molecule has 6 nitrogen and oxygen atoms in total. The molecule has 1 unspecified atom stereocenters. The second-order valence-corrected chi connectivity index (χ2v) is 5.50. The highest BCUT2D eigenvalue weighted by Crippen LogP contribution is 2.60. The molecular formula is C12H16N2O4. The fourth-order valence-electron chi connectivity index (χ4n) is 2.61. The van der Waals surface area contributed by atoms with Gasteiger partial charge in [-0.2, -0.15) is 0 Å². The molecule has 1 amide bonds. The molecule has 0 aromatic rings. The second-order valence-electron chi connectivity index (χ2n) is 5.50. The first-order valence-electron chi connectivity index (χ1n) is 6.34. The van der Waals surface area contributed by atoms with Crippen LogP contribution in [0.2, 0.25) is 0 Å². The van der Waals surface area contributed by atoms with Gasteiger partial charge in [0.25, 0.3) is 5.91 Å². The molecular weight excluding hydrogens is 236 g/mol. The quantitative estimate of drug-likeness (QED) is 0.746. The molecule has 18 heavy (non-hydrogen) atoms. The molecule has 0 aromatic carbocycles. The van der Waals surface area contributed by atoms with Gasteiger partial charge in [0, 0.05) is 13.0 Å². The third kappa shape index (κ3) is 2.07. The number of carboxylic acids is 1. The molecule has 0 saturated heterocycles. The van der Waals surface area contributed by atoms with Gasteiger partial charge in [-0.15, -0.1) is 0 Å². The van der Waals surface area contributed by atoms with Crippen LogP contribution in [0.3, 0.4) is 0 Å². The Bertz CT molecular complexity index is 424. The van der Waals surface area contributed by atoms with Gasteiger partial charge < -0.3 is 15.3 Å². The molecule has 2 N–H and O–H groups in total. The zero-order valence-electron chi connectivity index (χ0n) is 10.0. The number of aliphatic carboxylic acids is 1. The lowest BCUT2D eigenvalue weighted by Gasteiger charge is -2.16. The van der Waals surface area contributed by atoms with Crippen LogP contribution < -0.4 is 5.32 Å². The van der Waals surface area contributed by atoms with Gasteiger partial charge >= 0.3 is 5.97 Å². The molecule has 0 spiro atoms. The lowest BCUT2D eigenvalue weighted by molar-refractivity contribution is -0.131. The van der Waals surface area contributed by atoms with E-state index in [2.05, 4.69) is 10.5 Å². The van der Waals surface area contributed by atoms with E-state index in [-0.39, 0.29) is 18.0 Å². The highest BCUT2D eigenvalue weighted by molar-refractivity contribution is 6.36. The monoisotopic (exact) mass is 252 g/mol. The van der Waals surface area contributed by atoms with E-state index >= 15 is 0 Å². The van der Waals surface area contributed by atoms with Gasteiger partial charge in [-0.3, -0.25) is 4.79 Å².